The van der Waals surface area contributed by atoms with Crippen LogP contribution in [0.5, 0.6) is 5.88 Å². The molecule has 5 rings (SSSR count). The van der Waals surface area contributed by atoms with E-state index in [-0.39, 0.29) is 23.4 Å². The van der Waals surface area contributed by atoms with Gasteiger partial charge in [-0.2, -0.15) is 0 Å². The molecule has 1 aliphatic heterocycles. The lowest BCUT2D eigenvalue weighted by molar-refractivity contribution is -0.120. The predicted molar refractivity (Wildman–Crippen MR) is 132 cm³/mol. The first-order chi connectivity index (χ1) is 16.9. The molecule has 0 saturated heterocycles. The molecule has 0 unspecified atom stereocenters. The van der Waals surface area contributed by atoms with Crippen LogP contribution in [0.15, 0.2) is 36.5 Å². The third-order valence-corrected chi connectivity index (χ3v) is 8.01. The number of halogens is 1. The summed E-state index contributed by atoms with van der Waals surface area (Å²) < 4.78 is 19.7. The van der Waals surface area contributed by atoms with Crippen LogP contribution in [0, 0.1) is 11.7 Å². The number of nitrogens with one attached hydrogen (secondary N) is 2. The molecular weight excluding hydrogens is 445 g/mol. The summed E-state index contributed by atoms with van der Waals surface area (Å²) in [5.41, 5.74) is 3.02. The van der Waals surface area contributed by atoms with Crippen molar-refractivity contribution in [3.63, 3.8) is 0 Å². The van der Waals surface area contributed by atoms with Gasteiger partial charge >= 0.3 is 0 Å². The summed E-state index contributed by atoms with van der Waals surface area (Å²) in [6.45, 7) is 1.77. The molecule has 1 aromatic carbocycles. The fourth-order valence-electron chi connectivity index (χ4n) is 5.60. The molecule has 3 atom stereocenters. The Morgan fingerprint density at radius 1 is 1.23 bits per heavy atom. The third-order valence-electron chi connectivity index (χ3n) is 8.01. The Morgan fingerprint density at radius 2 is 2.00 bits per heavy atom. The van der Waals surface area contributed by atoms with Gasteiger partial charge in [0.15, 0.2) is 0 Å². The number of ether oxygens (including phenoxy) is 1. The van der Waals surface area contributed by atoms with E-state index in [1.54, 1.807) is 12.1 Å². The van der Waals surface area contributed by atoms with Gasteiger partial charge in [-0.05, 0) is 67.3 Å². The summed E-state index contributed by atoms with van der Waals surface area (Å²) in [5.74, 6) is 0.965. The molecule has 1 spiro atoms. The van der Waals surface area contributed by atoms with Crippen LogP contribution in [0.25, 0.3) is 0 Å². The molecule has 0 bridgehead atoms. The second-order valence-corrected chi connectivity index (χ2v) is 10.7. The van der Waals surface area contributed by atoms with E-state index in [0.717, 1.165) is 49.1 Å². The van der Waals surface area contributed by atoms with Crippen LogP contribution < -0.4 is 15.4 Å². The normalized spacial score (nSPS) is 22.3. The summed E-state index contributed by atoms with van der Waals surface area (Å²) in [7, 11) is 0. The van der Waals surface area contributed by atoms with E-state index >= 15 is 0 Å². The molecule has 3 aliphatic rings. The van der Waals surface area contributed by atoms with Gasteiger partial charge in [-0.1, -0.05) is 31.4 Å². The van der Waals surface area contributed by atoms with E-state index in [0.29, 0.717) is 18.8 Å². The fraction of sp³-hybridized carbons (Fsp3) is 0.571. The van der Waals surface area contributed by atoms with Gasteiger partial charge in [0.1, 0.15) is 11.4 Å². The Labute approximate surface area is 206 Å². The van der Waals surface area contributed by atoms with Crippen molar-refractivity contribution >= 4 is 5.91 Å². The number of benzene rings is 1. The molecule has 2 aliphatic carbocycles. The second kappa shape index (κ2) is 10.2. The minimum atomic E-state index is -0.807. The minimum Gasteiger partial charge on any atom is -0.471 e. The van der Waals surface area contributed by atoms with E-state index in [9.17, 15) is 14.3 Å². The van der Waals surface area contributed by atoms with Crippen molar-refractivity contribution in [3.05, 3.63) is 59.0 Å². The number of nitrogens with zero attached hydrogens (tertiary/aromatic N) is 1. The largest absolute Gasteiger partial charge is 0.471 e. The number of rotatable bonds is 9. The lowest BCUT2D eigenvalue weighted by Gasteiger charge is -2.47. The van der Waals surface area contributed by atoms with E-state index < -0.39 is 12.1 Å². The van der Waals surface area contributed by atoms with E-state index in [1.807, 2.05) is 6.20 Å². The first kappa shape index (κ1) is 24.2. The topological polar surface area (TPSA) is 83.5 Å². The average molecular weight is 482 g/mol. The Morgan fingerprint density at radius 3 is 2.63 bits per heavy atom. The highest BCUT2D eigenvalue weighted by Gasteiger charge is 2.46. The van der Waals surface area contributed by atoms with Gasteiger partial charge in [0, 0.05) is 37.7 Å². The number of aliphatic hydroxyl groups is 1. The molecule has 2 heterocycles. The average Bonchev–Trinajstić information content (AvgIpc) is 2.79. The summed E-state index contributed by atoms with van der Waals surface area (Å²) in [6, 6.07) is 7.96. The Hall–Kier alpha value is -2.51. The van der Waals surface area contributed by atoms with E-state index in [1.165, 1.54) is 43.9 Å². The Balaban J connectivity index is 1.29. The zero-order chi connectivity index (χ0) is 24.4. The van der Waals surface area contributed by atoms with Crippen LogP contribution in [0.1, 0.15) is 74.6 Å². The maximum absolute atomic E-state index is 13.3. The number of hydrogen-bond donors (Lipinski definition) is 3. The molecule has 188 valence electrons. The summed E-state index contributed by atoms with van der Waals surface area (Å²) in [5, 5.41) is 17.5. The molecule has 0 radical (unpaired) electrons. The highest BCUT2D eigenvalue weighted by atomic mass is 19.1. The molecule has 2 fully saturated rings. The van der Waals surface area contributed by atoms with Crippen LogP contribution in [-0.2, 0) is 17.6 Å². The first-order valence-electron chi connectivity index (χ1n) is 13.0. The lowest BCUT2D eigenvalue weighted by atomic mass is 9.73. The predicted octanol–water partition coefficient (Wildman–Crippen LogP) is 4.01. The first-order valence-corrected chi connectivity index (χ1v) is 13.0. The van der Waals surface area contributed by atoms with Crippen LogP contribution in [0.2, 0.25) is 0 Å². The number of aliphatic hydroxyl groups excluding tert-OH is 1. The summed E-state index contributed by atoms with van der Waals surface area (Å²) >= 11 is 0. The van der Waals surface area contributed by atoms with Gasteiger partial charge in [0.2, 0.25) is 11.8 Å². The summed E-state index contributed by atoms with van der Waals surface area (Å²) in [6.07, 6.45) is 10.6. The fourth-order valence-corrected chi connectivity index (χ4v) is 5.60. The van der Waals surface area contributed by atoms with Crippen molar-refractivity contribution in [2.75, 3.05) is 6.54 Å². The zero-order valence-electron chi connectivity index (χ0n) is 20.4. The van der Waals surface area contributed by atoms with Crippen LogP contribution in [0.4, 0.5) is 4.39 Å². The number of fused-ring (bicyclic) bond motifs is 1. The monoisotopic (exact) mass is 481 g/mol. The van der Waals surface area contributed by atoms with Crippen molar-refractivity contribution in [2.24, 2.45) is 5.92 Å². The number of hydrogen-bond acceptors (Lipinski definition) is 5. The van der Waals surface area contributed by atoms with Gasteiger partial charge in [-0.15, -0.1) is 0 Å². The van der Waals surface area contributed by atoms with E-state index in [2.05, 4.69) is 16.7 Å². The number of carbonyl (C=O) groups excluding carboxylic acids is 1. The van der Waals surface area contributed by atoms with Crippen molar-refractivity contribution in [2.45, 2.75) is 88.5 Å². The highest BCUT2D eigenvalue weighted by Crippen LogP contribution is 2.48. The molecule has 2 aromatic rings. The number of aromatic nitrogens is 1. The van der Waals surface area contributed by atoms with Crippen molar-refractivity contribution < 1.29 is 19.0 Å². The minimum absolute atomic E-state index is 0.0336. The molecule has 7 heteroatoms. The number of carbonyl (C=O) groups is 1. The van der Waals surface area contributed by atoms with Crippen LogP contribution in [0.3, 0.4) is 0 Å². The van der Waals surface area contributed by atoms with Gasteiger partial charge in [-0.3, -0.25) is 4.79 Å². The van der Waals surface area contributed by atoms with Crippen molar-refractivity contribution in [3.8, 4) is 5.88 Å². The Kier molecular flexibility index (Phi) is 7.07. The molecular formula is C28H36FN3O3. The molecule has 1 amide bonds. The quantitative estimate of drug-likeness (QED) is 0.504. The maximum atomic E-state index is 13.3. The second-order valence-electron chi connectivity index (χ2n) is 10.7. The number of amides is 1. The molecule has 2 saturated carbocycles. The van der Waals surface area contributed by atoms with Gasteiger partial charge < -0.3 is 20.5 Å². The zero-order valence-corrected chi connectivity index (χ0v) is 20.4. The van der Waals surface area contributed by atoms with Gasteiger partial charge in [0.05, 0.1) is 12.1 Å². The van der Waals surface area contributed by atoms with Crippen LogP contribution >= 0.6 is 0 Å². The van der Waals surface area contributed by atoms with E-state index in [4.69, 9.17) is 9.72 Å². The summed E-state index contributed by atoms with van der Waals surface area (Å²) in [4.78, 5) is 16.5. The molecule has 3 N–H and O–H groups in total. The molecule has 6 nitrogen and oxygen atoms in total. The maximum Gasteiger partial charge on any atom is 0.218 e. The SMILES string of the molecule is CC(=O)N[C@@H](Cc1ccc(F)cc1)[C@H](O)CN[C@H]1CC2(CCC2)Oc2ncc(CC3CCC3)cc21. The lowest BCUT2D eigenvalue weighted by Crippen LogP contribution is -2.52. The number of pyridine rings is 1. The van der Waals surface area contributed by atoms with Gasteiger partial charge in [-0.25, -0.2) is 9.37 Å². The molecule has 35 heavy (non-hydrogen) atoms. The Bertz CT molecular complexity index is 1040. The van der Waals surface area contributed by atoms with Crippen LogP contribution in [-0.4, -0.2) is 40.3 Å². The highest BCUT2D eigenvalue weighted by molar-refractivity contribution is 5.73. The smallest absolute Gasteiger partial charge is 0.218 e. The van der Waals surface area contributed by atoms with Crippen molar-refractivity contribution in [1.82, 2.24) is 15.6 Å². The standard InChI is InChI=1S/C28H36FN3O3/c1-18(33)32-24(14-20-6-8-22(29)9-7-20)26(34)17-30-25-15-28(10-3-11-28)35-27-23(25)13-21(16-31-27)12-19-4-2-5-19/h6-9,13,16,19,24-26,30,34H,2-5,10-12,14-15,17H2,1H3,(H,32,33)/t24-,25-,26+/m0/s1. The third kappa shape index (κ3) is 5.67. The van der Waals surface area contributed by atoms with Gasteiger partial charge in [0.25, 0.3) is 0 Å². The van der Waals surface area contributed by atoms with Crippen molar-refractivity contribution in [1.29, 1.82) is 0 Å². The molecule has 1 aromatic heterocycles.